The zero-order chi connectivity index (χ0) is 10.1. The number of allylic oxidation sites excluding steroid dienone is 1. The van der Waals surface area contributed by atoms with E-state index in [0.717, 1.165) is 25.2 Å². The van der Waals surface area contributed by atoms with E-state index in [1.807, 2.05) is 36.4 Å². The number of benzene rings is 1. The van der Waals surface area contributed by atoms with Gasteiger partial charge in [0.05, 0.1) is 6.61 Å². The van der Waals surface area contributed by atoms with E-state index in [0.29, 0.717) is 0 Å². The minimum atomic E-state index is 0.0866. The van der Waals surface area contributed by atoms with Crippen LogP contribution in [0.2, 0.25) is 0 Å². The molecule has 0 aliphatic rings. The summed E-state index contributed by atoms with van der Waals surface area (Å²) in [6.45, 7) is 4.37. The maximum Gasteiger partial charge on any atom is 0.215 e. The number of rotatable bonds is 7. The fraction of sp³-hybridized carbons (Fsp3) is 0.273. The Hall–Kier alpha value is -0.850. The molecular formula is C11H15O2P. The van der Waals surface area contributed by atoms with E-state index in [9.17, 15) is 0 Å². The zero-order valence-corrected chi connectivity index (χ0v) is 9.11. The van der Waals surface area contributed by atoms with Gasteiger partial charge in [-0.15, -0.1) is 6.58 Å². The zero-order valence-electron chi connectivity index (χ0n) is 8.11. The predicted octanol–water partition coefficient (Wildman–Crippen LogP) is 3.56. The predicted molar refractivity (Wildman–Crippen MR) is 60.8 cm³/mol. The van der Waals surface area contributed by atoms with Gasteiger partial charge >= 0.3 is 0 Å². The van der Waals surface area contributed by atoms with Crippen LogP contribution >= 0.6 is 9.03 Å². The lowest BCUT2D eigenvalue weighted by Crippen LogP contribution is -1.86. The quantitative estimate of drug-likeness (QED) is 0.389. The molecule has 0 fully saturated rings. The molecule has 0 aliphatic carbocycles. The highest BCUT2D eigenvalue weighted by atomic mass is 31.1. The summed E-state index contributed by atoms with van der Waals surface area (Å²) in [5.41, 5.74) is 0. The Morgan fingerprint density at radius 3 is 2.79 bits per heavy atom. The first kappa shape index (κ1) is 11.2. The molecule has 0 saturated heterocycles. The van der Waals surface area contributed by atoms with Crippen LogP contribution in [0.25, 0.3) is 0 Å². The molecule has 0 aromatic heterocycles. The third-order valence-corrected chi connectivity index (χ3v) is 2.26. The van der Waals surface area contributed by atoms with E-state index in [2.05, 4.69) is 6.58 Å². The van der Waals surface area contributed by atoms with Crippen molar-refractivity contribution >= 4 is 9.03 Å². The largest absolute Gasteiger partial charge is 0.450 e. The second-order valence-electron chi connectivity index (χ2n) is 2.78. The molecule has 0 saturated carbocycles. The van der Waals surface area contributed by atoms with Crippen molar-refractivity contribution in [1.29, 1.82) is 0 Å². The summed E-state index contributed by atoms with van der Waals surface area (Å²) in [5.74, 6) is 0.856. The summed E-state index contributed by atoms with van der Waals surface area (Å²) in [5, 5.41) is 0. The number of para-hydroxylation sites is 1. The first-order chi connectivity index (χ1) is 6.93. The molecule has 1 rings (SSSR count). The molecule has 0 heterocycles. The molecule has 14 heavy (non-hydrogen) atoms. The van der Waals surface area contributed by atoms with E-state index >= 15 is 0 Å². The maximum absolute atomic E-state index is 5.37. The van der Waals surface area contributed by atoms with Gasteiger partial charge in [-0.05, 0) is 25.0 Å². The summed E-state index contributed by atoms with van der Waals surface area (Å²) in [6.07, 6.45) is 3.90. The Kier molecular flexibility index (Phi) is 6.05. The Morgan fingerprint density at radius 2 is 2.07 bits per heavy atom. The fourth-order valence-corrected chi connectivity index (χ4v) is 1.43. The van der Waals surface area contributed by atoms with E-state index in [-0.39, 0.29) is 9.03 Å². The van der Waals surface area contributed by atoms with Crippen LogP contribution in [0.5, 0.6) is 5.75 Å². The number of hydrogen-bond acceptors (Lipinski definition) is 2. The molecule has 3 heteroatoms. The molecule has 0 bridgehead atoms. The molecule has 2 nitrogen and oxygen atoms in total. The minimum Gasteiger partial charge on any atom is -0.450 e. The van der Waals surface area contributed by atoms with Gasteiger partial charge in [0.25, 0.3) is 0 Å². The van der Waals surface area contributed by atoms with Gasteiger partial charge in [-0.2, -0.15) is 0 Å². The van der Waals surface area contributed by atoms with Gasteiger partial charge in [0, 0.05) is 0 Å². The first-order valence-corrected chi connectivity index (χ1v) is 5.44. The monoisotopic (exact) mass is 210 g/mol. The fourth-order valence-electron chi connectivity index (χ4n) is 0.908. The van der Waals surface area contributed by atoms with Crippen molar-refractivity contribution < 1.29 is 9.05 Å². The molecule has 1 aromatic carbocycles. The van der Waals surface area contributed by atoms with E-state index in [4.69, 9.17) is 9.05 Å². The second kappa shape index (κ2) is 7.54. The summed E-state index contributed by atoms with van der Waals surface area (Å²) < 4.78 is 10.7. The van der Waals surface area contributed by atoms with Crippen LogP contribution in [0.3, 0.4) is 0 Å². The number of hydrogen-bond donors (Lipinski definition) is 0. The van der Waals surface area contributed by atoms with Gasteiger partial charge in [0.1, 0.15) is 5.75 Å². The van der Waals surface area contributed by atoms with Crippen molar-refractivity contribution in [3.8, 4) is 5.75 Å². The smallest absolute Gasteiger partial charge is 0.215 e. The van der Waals surface area contributed by atoms with Gasteiger partial charge in [0.2, 0.25) is 9.03 Å². The SMILES string of the molecule is C=CCCCOPOc1ccccc1. The number of unbranched alkanes of at least 4 members (excludes halogenated alkanes) is 1. The maximum atomic E-state index is 5.37. The summed E-state index contributed by atoms with van der Waals surface area (Å²) in [7, 11) is 0.0866. The average molecular weight is 210 g/mol. The van der Waals surface area contributed by atoms with Gasteiger partial charge in [0.15, 0.2) is 0 Å². The van der Waals surface area contributed by atoms with Crippen molar-refractivity contribution in [3.63, 3.8) is 0 Å². The van der Waals surface area contributed by atoms with Crippen LogP contribution in [0, 0.1) is 0 Å². The van der Waals surface area contributed by atoms with Crippen molar-refractivity contribution in [1.82, 2.24) is 0 Å². The van der Waals surface area contributed by atoms with Crippen LogP contribution < -0.4 is 4.52 Å². The molecule has 0 amide bonds. The van der Waals surface area contributed by atoms with Crippen molar-refractivity contribution in [2.75, 3.05) is 6.61 Å². The van der Waals surface area contributed by atoms with E-state index < -0.39 is 0 Å². The lowest BCUT2D eigenvalue weighted by Gasteiger charge is -2.04. The summed E-state index contributed by atoms with van der Waals surface area (Å²) in [6, 6.07) is 9.68. The Bertz CT molecular complexity index is 249. The van der Waals surface area contributed by atoms with Crippen LogP contribution in [0.1, 0.15) is 12.8 Å². The van der Waals surface area contributed by atoms with Gasteiger partial charge < -0.3 is 9.05 Å². The molecule has 1 atom stereocenters. The minimum absolute atomic E-state index is 0.0866. The van der Waals surface area contributed by atoms with Crippen molar-refractivity contribution in [2.24, 2.45) is 0 Å². The standard InChI is InChI=1S/C11H15O2P/c1-2-3-7-10-12-14-13-11-8-5-4-6-9-11/h2,4-6,8-9,14H,1,3,7,10H2. The Balaban J connectivity index is 2.02. The van der Waals surface area contributed by atoms with E-state index in [1.165, 1.54) is 0 Å². The topological polar surface area (TPSA) is 18.5 Å². The molecule has 0 aliphatic heterocycles. The second-order valence-corrected chi connectivity index (χ2v) is 3.44. The molecule has 0 N–H and O–H groups in total. The molecule has 1 unspecified atom stereocenters. The lowest BCUT2D eigenvalue weighted by molar-refractivity contribution is 0.324. The summed E-state index contributed by atoms with van der Waals surface area (Å²) >= 11 is 0. The molecule has 1 aromatic rings. The highest BCUT2D eigenvalue weighted by Crippen LogP contribution is 2.20. The third kappa shape index (κ3) is 5.00. The van der Waals surface area contributed by atoms with Gasteiger partial charge in [-0.1, -0.05) is 24.3 Å². The summed E-state index contributed by atoms with van der Waals surface area (Å²) in [4.78, 5) is 0. The van der Waals surface area contributed by atoms with Crippen molar-refractivity contribution in [3.05, 3.63) is 43.0 Å². The Morgan fingerprint density at radius 1 is 1.29 bits per heavy atom. The first-order valence-electron chi connectivity index (χ1n) is 4.63. The average Bonchev–Trinajstić information content (AvgIpc) is 2.25. The van der Waals surface area contributed by atoms with Crippen LogP contribution in [0.4, 0.5) is 0 Å². The Labute approximate surface area is 86.9 Å². The van der Waals surface area contributed by atoms with Gasteiger partial charge in [-0.3, -0.25) is 0 Å². The highest BCUT2D eigenvalue weighted by Gasteiger charge is 1.91. The van der Waals surface area contributed by atoms with E-state index in [1.54, 1.807) is 0 Å². The molecule has 76 valence electrons. The normalized spacial score (nSPS) is 10.6. The lowest BCUT2D eigenvalue weighted by atomic mass is 10.3. The van der Waals surface area contributed by atoms with Gasteiger partial charge in [-0.25, -0.2) is 0 Å². The molecule has 0 radical (unpaired) electrons. The van der Waals surface area contributed by atoms with Crippen molar-refractivity contribution in [2.45, 2.75) is 12.8 Å². The molecular weight excluding hydrogens is 195 g/mol. The van der Waals surface area contributed by atoms with Crippen LogP contribution in [-0.4, -0.2) is 6.61 Å². The third-order valence-electron chi connectivity index (χ3n) is 1.62. The van der Waals surface area contributed by atoms with Crippen LogP contribution in [-0.2, 0) is 4.52 Å². The highest BCUT2D eigenvalue weighted by molar-refractivity contribution is 7.26. The molecule has 0 spiro atoms. The van der Waals surface area contributed by atoms with Crippen LogP contribution in [0.15, 0.2) is 43.0 Å².